The molecule has 0 saturated heterocycles. The van der Waals surface area contributed by atoms with E-state index in [0.29, 0.717) is 29.1 Å². The highest BCUT2D eigenvalue weighted by Gasteiger charge is 2.21. The van der Waals surface area contributed by atoms with Gasteiger partial charge in [0, 0.05) is 5.56 Å². The summed E-state index contributed by atoms with van der Waals surface area (Å²) < 4.78 is 35.4. The Morgan fingerprint density at radius 3 is 2.58 bits per heavy atom. The van der Waals surface area contributed by atoms with E-state index in [-0.39, 0.29) is 11.3 Å². The van der Waals surface area contributed by atoms with Crippen molar-refractivity contribution < 1.29 is 22.5 Å². The number of aromatic nitrogens is 2. The number of hydrogen-bond donors (Lipinski definition) is 1. The highest BCUT2D eigenvalue weighted by atomic mass is 32.2. The molecule has 0 aliphatic rings. The minimum Gasteiger partial charge on any atom is -0.494 e. The number of amides is 1. The van der Waals surface area contributed by atoms with Crippen molar-refractivity contribution in [2.75, 3.05) is 12.9 Å². The van der Waals surface area contributed by atoms with Crippen LogP contribution in [0.5, 0.6) is 5.75 Å². The first-order chi connectivity index (χ1) is 12.3. The van der Waals surface area contributed by atoms with Crippen LogP contribution in [0.1, 0.15) is 23.0 Å². The Hall–Kier alpha value is -2.94. The Balaban J connectivity index is 2.11. The number of rotatable bonds is 5. The number of ether oxygens (including phenoxy) is 1. The topological polar surface area (TPSA) is 111 Å². The van der Waals surface area contributed by atoms with Gasteiger partial charge in [-0.15, -0.1) is 0 Å². The standard InChI is InChI=1S/C17H17N3O5S/c1-4-24-12-7-5-11(6-8-12)14-9-13(16(21)20-26(3,22)23)15-10(2)19-25-17(15)18-14/h5-9H,4H2,1-3H3,(H,20,21). The smallest absolute Gasteiger partial charge is 0.265 e. The third-order valence-corrected chi connectivity index (χ3v) is 4.16. The molecular formula is C17H17N3O5S. The Labute approximate surface area is 150 Å². The van der Waals surface area contributed by atoms with Crippen molar-refractivity contribution in [3.05, 3.63) is 41.6 Å². The van der Waals surface area contributed by atoms with Crippen LogP contribution in [-0.4, -0.2) is 37.3 Å². The van der Waals surface area contributed by atoms with E-state index in [2.05, 4.69) is 10.1 Å². The summed E-state index contributed by atoms with van der Waals surface area (Å²) in [5.41, 5.74) is 1.91. The minimum atomic E-state index is -3.71. The molecule has 0 bridgehead atoms. The number of hydrogen-bond acceptors (Lipinski definition) is 7. The van der Waals surface area contributed by atoms with Gasteiger partial charge in [-0.05, 0) is 44.2 Å². The number of sulfonamides is 1. The SMILES string of the molecule is CCOc1ccc(-c2cc(C(=O)NS(C)(=O)=O)c3c(C)noc3n2)cc1. The lowest BCUT2D eigenvalue weighted by Gasteiger charge is -2.08. The zero-order chi connectivity index (χ0) is 18.9. The molecule has 0 aliphatic heterocycles. The summed E-state index contributed by atoms with van der Waals surface area (Å²) in [7, 11) is -3.71. The van der Waals surface area contributed by atoms with Crippen molar-refractivity contribution in [2.45, 2.75) is 13.8 Å². The average Bonchev–Trinajstić information content (AvgIpc) is 2.95. The number of carbonyl (C=O) groups excluding carboxylic acids is 1. The van der Waals surface area contributed by atoms with Gasteiger partial charge >= 0.3 is 0 Å². The second-order valence-corrected chi connectivity index (χ2v) is 7.41. The van der Waals surface area contributed by atoms with Crippen molar-refractivity contribution in [3.8, 4) is 17.0 Å². The molecule has 2 heterocycles. The molecule has 1 amide bonds. The van der Waals surface area contributed by atoms with E-state index in [1.165, 1.54) is 6.07 Å². The molecule has 0 spiro atoms. The fourth-order valence-corrected chi connectivity index (χ4v) is 2.98. The third-order valence-electron chi connectivity index (χ3n) is 3.60. The molecule has 136 valence electrons. The zero-order valence-electron chi connectivity index (χ0n) is 14.4. The van der Waals surface area contributed by atoms with Crippen LogP contribution in [0.4, 0.5) is 0 Å². The zero-order valence-corrected chi connectivity index (χ0v) is 15.3. The van der Waals surface area contributed by atoms with Gasteiger partial charge in [0.25, 0.3) is 11.6 Å². The van der Waals surface area contributed by atoms with Crippen LogP contribution in [-0.2, 0) is 10.0 Å². The first kappa shape index (κ1) is 17.9. The minimum absolute atomic E-state index is 0.128. The van der Waals surface area contributed by atoms with E-state index in [4.69, 9.17) is 9.26 Å². The summed E-state index contributed by atoms with van der Waals surface area (Å²) in [5, 5.41) is 4.20. The van der Waals surface area contributed by atoms with E-state index in [1.54, 1.807) is 31.2 Å². The van der Waals surface area contributed by atoms with Gasteiger partial charge in [0.15, 0.2) is 0 Å². The van der Waals surface area contributed by atoms with E-state index in [0.717, 1.165) is 11.8 Å². The van der Waals surface area contributed by atoms with Crippen molar-refractivity contribution >= 4 is 27.0 Å². The molecule has 1 aromatic carbocycles. The van der Waals surface area contributed by atoms with Crippen LogP contribution in [0.2, 0.25) is 0 Å². The predicted octanol–water partition coefficient (Wildman–Crippen LogP) is 2.29. The number of aryl methyl sites for hydroxylation is 1. The Bertz CT molecular complexity index is 1070. The van der Waals surface area contributed by atoms with Crippen LogP contribution >= 0.6 is 0 Å². The lowest BCUT2D eigenvalue weighted by molar-refractivity contribution is 0.0983. The van der Waals surface area contributed by atoms with Crippen LogP contribution < -0.4 is 9.46 Å². The molecule has 0 radical (unpaired) electrons. The summed E-state index contributed by atoms with van der Waals surface area (Å²) in [6.45, 7) is 4.10. The average molecular weight is 375 g/mol. The largest absolute Gasteiger partial charge is 0.494 e. The lowest BCUT2D eigenvalue weighted by Crippen LogP contribution is -2.29. The summed E-state index contributed by atoms with van der Waals surface area (Å²) in [6.07, 6.45) is 0.914. The molecule has 26 heavy (non-hydrogen) atoms. The number of benzene rings is 1. The lowest BCUT2D eigenvalue weighted by atomic mass is 10.1. The first-order valence-electron chi connectivity index (χ1n) is 7.81. The Morgan fingerprint density at radius 1 is 1.27 bits per heavy atom. The maximum Gasteiger partial charge on any atom is 0.265 e. The first-order valence-corrected chi connectivity index (χ1v) is 9.70. The monoisotopic (exact) mass is 375 g/mol. The van der Waals surface area contributed by atoms with Gasteiger partial charge in [0.05, 0.1) is 35.2 Å². The molecule has 0 saturated carbocycles. The van der Waals surface area contributed by atoms with Crippen LogP contribution in [0, 0.1) is 6.92 Å². The van der Waals surface area contributed by atoms with Gasteiger partial charge in [-0.2, -0.15) is 0 Å². The van der Waals surface area contributed by atoms with Gasteiger partial charge in [0.2, 0.25) is 10.0 Å². The summed E-state index contributed by atoms with van der Waals surface area (Å²) in [6, 6.07) is 8.67. The van der Waals surface area contributed by atoms with Gasteiger partial charge in [0.1, 0.15) is 5.75 Å². The summed E-state index contributed by atoms with van der Waals surface area (Å²) in [4.78, 5) is 16.8. The molecule has 2 aromatic heterocycles. The second-order valence-electron chi connectivity index (χ2n) is 5.66. The Kier molecular flexibility index (Phi) is 4.64. The van der Waals surface area contributed by atoms with Crippen molar-refractivity contribution in [3.63, 3.8) is 0 Å². The highest BCUT2D eigenvalue weighted by Crippen LogP contribution is 2.28. The number of nitrogens with one attached hydrogen (secondary N) is 1. The van der Waals surface area contributed by atoms with E-state index < -0.39 is 15.9 Å². The fraction of sp³-hybridized carbons (Fsp3) is 0.235. The highest BCUT2D eigenvalue weighted by molar-refractivity contribution is 7.89. The van der Waals surface area contributed by atoms with Gasteiger partial charge in [-0.25, -0.2) is 18.1 Å². The van der Waals surface area contributed by atoms with Crippen LogP contribution in [0.3, 0.4) is 0 Å². The molecule has 0 aliphatic carbocycles. The maximum atomic E-state index is 12.4. The van der Waals surface area contributed by atoms with E-state index >= 15 is 0 Å². The predicted molar refractivity (Wildman–Crippen MR) is 95.5 cm³/mol. The van der Waals surface area contributed by atoms with Crippen molar-refractivity contribution in [1.82, 2.24) is 14.9 Å². The molecular weight excluding hydrogens is 358 g/mol. The quantitative estimate of drug-likeness (QED) is 0.728. The van der Waals surface area contributed by atoms with Gasteiger partial charge < -0.3 is 9.26 Å². The molecule has 3 aromatic rings. The molecule has 0 atom stereocenters. The summed E-state index contributed by atoms with van der Waals surface area (Å²) >= 11 is 0. The normalized spacial score (nSPS) is 11.5. The maximum absolute atomic E-state index is 12.4. The van der Waals surface area contributed by atoms with Gasteiger partial charge in [-0.3, -0.25) is 4.79 Å². The van der Waals surface area contributed by atoms with E-state index in [9.17, 15) is 13.2 Å². The third kappa shape index (κ3) is 3.67. The summed E-state index contributed by atoms with van der Waals surface area (Å²) in [5.74, 6) is -0.0544. The van der Waals surface area contributed by atoms with Crippen molar-refractivity contribution in [2.24, 2.45) is 0 Å². The Morgan fingerprint density at radius 2 is 1.96 bits per heavy atom. The molecule has 0 unspecified atom stereocenters. The molecule has 1 N–H and O–H groups in total. The van der Waals surface area contributed by atoms with E-state index in [1.807, 2.05) is 11.6 Å². The number of pyridine rings is 1. The number of nitrogens with zero attached hydrogens (tertiary/aromatic N) is 2. The fourth-order valence-electron chi connectivity index (χ4n) is 2.53. The molecule has 9 heteroatoms. The second kappa shape index (κ2) is 6.75. The van der Waals surface area contributed by atoms with Crippen LogP contribution in [0.15, 0.2) is 34.9 Å². The van der Waals surface area contributed by atoms with Crippen molar-refractivity contribution in [1.29, 1.82) is 0 Å². The molecule has 0 fully saturated rings. The molecule has 8 nitrogen and oxygen atoms in total. The molecule has 3 rings (SSSR count). The van der Waals surface area contributed by atoms with Crippen LogP contribution in [0.25, 0.3) is 22.4 Å². The number of carbonyl (C=O) groups is 1. The van der Waals surface area contributed by atoms with Gasteiger partial charge in [-0.1, -0.05) is 5.16 Å². The number of fused-ring (bicyclic) bond motifs is 1.